The van der Waals surface area contributed by atoms with Crippen molar-refractivity contribution in [1.29, 1.82) is 0 Å². The fourth-order valence-corrected chi connectivity index (χ4v) is 4.17. The molecule has 1 atom stereocenters. The number of hydrogen-bond acceptors (Lipinski definition) is 4. The van der Waals surface area contributed by atoms with Crippen molar-refractivity contribution in [2.45, 2.75) is 65.5 Å². The van der Waals surface area contributed by atoms with Gasteiger partial charge in [-0.15, -0.1) is 0 Å². The molecule has 2 aromatic carbocycles. The van der Waals surface area contributed by atoms with E-state index in [1.54, 1.807) is 13.0 Å². The number of amides is 1. The number of nitrogens with one attached hydrogen (secondary N) is 2. The van der Waals surface area contributed by atoms with Crippen LogP contribution in [0.5, 0.6) is 0 Å². The third kappa shape index (κ3) is 5.91. The van der Waals surface area contributed by atoms with Crippen molar-refractivity contribution in [1.82, 2.24) is 10.2 Å². The van der Waals surface area contributed by atoms with Crippen molar-refractivity contribution in [3.05, 3.63) is 58.9 Å². The number of benzene rings is 2. The Hall–Kier alpha value is -2.58. The van der Waals surface area contributed by atoms with Crippen LogP contribution >= 0.6 is 0 Å². The summed E-state index contributed by atoms with van der Waals surface area (Å²) in [7, 11) is 0. The Bertz CT molecular complexity index is 972. The van der Waals surface area contributed by atoms with Gasteiger partial charge in [-0.3, -0.25) is 4.79 Å². The van der Waals surface area contributed by atoms with E-state index in [9.17, 15) is 23.1 Å². The lowest BCUT2D eigenvalue weighted by Gasteiger charge is -2.51. The van der Waals surface area contributed by atoms with E-state index < -0.39 is 34.6 Å². The number of nitrogens with zero attached hydrogens (tertiary/aromatic N) is 1. The Morgan fingerprint density at radius 2 is 1.74 bits per heavy atom. The van der Waals surface area contributed by atoms with Crippen LogP contribution in [0.3, 0.4) is 0 Å². The fourth-order valence-electron chi connectivity index (χ4n) is 4.17. The molecule has 2 saturated heterocycles. The van der Waals surface area contributed by atoms with E-state index in [1.165, 1.54) is 23.1 Å². The molecule has 2 fully saturated rings. The Morgan fingerprint density at radius 1 is 1.06 bits per heavy atom. The number of β-amino-alcohol motifs (C(OH)–C–C–N with tert-alkyl or cyclic N) is 1. The Balaban J connectivity index is 0.000000970. The van der Waals surface area contributed by atoms with Crippen molar-refractivity contribution in [2.24, 2.45) is 0 Å². The first-order valence-corrected chi connectivity index (χ1v) is 12.0. The van der Waals surface area contributed by atoms with Crippen LogP contribution in [0.1, 0.15) is 62.9 Å². The summed E-state index contributed by atoms with van der Waals surface area (Å²) in [6.45, 7) is 10.7. The minimum atomic E-state index is -1.26. The predicted molar refractivity (Wildman–Crippen MR) is 130 cm³/mol. The highest BCUT2D eigenvalue weighted by molar-refractivity contribution is 6.01. The highest BCUT2D eigenvalue weighted by Gasteiger charge is 2.49. The lowest BCUT2D eigenvalue weighted by atomic mass is 9.81. The van der Waals surface area contributed by atoms with Gasteiger partial charge < -0.3 is 20.6 Å². The molecule has 4 rings (SSSR count). The number of likely N-dealkylation sites (tertiary alicyclic amines) is 1. The van der Waals surface area contributed by atoms with Gasteiger partial charge in [0.15, 0.2) is 11.6 Å². The topological polar surface area (TPSA) is 64.6 Å². The third-order valence-corrected chi connectivity index (χ3v) is 5.88. The molecular formula is C26H36F3N3O2. The van der Waals surface area contributed by atoms with Crippen molar-refractivity contribution in [3.63, 3.8) is 0 Å². The number of aliphatic hydroxyl groups is 1. The maximum atomic E-state index is 14.6. The SMILES string of the molecule is CC.CC.Cc1ccc(Nc2c(C(=O)N3CC(O)(C4CCCCN4)C3)ccc(F)c2F)c(F)c1. The lowest BCUT2D eigenvalue weighted by molar-refractivity contribution is -0.108. The first kappa shape index (κ1) is 27.7. The number of carbonyl (C=O) groups is 1. The summed E-state index contributed by atoms with van der Waals surface area (Å²) in [5.74, 6) is -3.60. The number of aryl methyl sites for hydroxylation is 1. The molecule has 0 radical (unpaired) electrons. The molecular weight excluding hydrogens is 443 g/mol. The number of piperidine rings is 1. The average molecular weight is 480 g/mol. The summed E-state index contributed by atoms with van der Waals surface area (Å²) in [4.78, 5) is 14.4. The van der Waals surface area contributed by atoms with Gasteiger partial charge in [0.25, 0.3) is 5.91 Å². The quantitative estimate of drug-likeness (QED) is 0.539. The molecule has 3 N–H and O–H groups in total. The van der Waals surface area contributed by atoms with Crippen LogP contribution in [0.2, 0.25) is 0 Å². The normalized spacial score (nSPS) is 18.5. The van der Waals surface area contributed by atoms with Crippen LogP contribution in [0.4, 0.5) is 24.5 Å². The molecule has 1 amide bonds. The zero-order valence-corrected chi connectivity index (χ0v) is 20.6. The van der Waals surface area contributed by atoms with E-state index in [4.69, 9.17) is 0 Å². The zero-order chi connectivity index (χ0) is 25.5. The fraction of sp³-hybridized carbons (Fsp3) is 0.500. The zero-order valence-electron chi connectivity index (χ0n) is 20.6. The summed E-state index contributed by atoms with van der Waals surface area (Å²) < 4.78 is 42.7. The lowest BCUT2D eigenvalue weighted by Crippen LogP contribution is -2.72. The van der Waals surface area contributed by atoms with Crippen molar-refractivity contribution < 1.29 is 23.1 Å². The van der Waals surface area contributed by atoms with E-state index in [1.807, 2.05) is 27.7 Å². The van der Waals surface area contributed by atoms with Crippen molar-refractivity contribution in [2.75, 3.05) is 25.0 Å². The third-order valence-electron chi connectivity index (χ3n) is 5.88. The minimum absolute atomic E-state index is 0.0642. The summed E-state index contributed by atoms with van der Waals surface area (Å²) in [5.41, 5.74) is -0.969. The second-order valence-electron chi connectivity index (χ2n) is 8.16. The summed E-state index contributed by atoms with van der Waals surface area (Å²) in [5, 5.41) is 16.6. The summed E-state index contributed by atoms with van der Waals surface area (Å²) in [6.07, 6.45) is 2.88. The van der Waals surface area contributed by atoms with Crippen LogP contribution in [-0.4, -0.2) is 47.2 Å². The van der Waals surface area contributed by atoms with Gasteiger partial charge in [0, 0.05) is 6.04 Å². The predicted octanol–water partition coefficient (Wildman–Crippen LogP) is 5.54. The Labute approximate surface area is 200 Å². The van der Waals surface area contributed by atoms with E-state index in [0.717, 1.165) is 31.9 Å². The maximum absolute atomic E-state index is 14.6. The number of anilines is 2. The molecule has 0 aromatic heterocycles. The van der Waals surface area contributed by atoms with E-state index in [2.05, 4.69) is 10.6 Å². The summed E-state index contributed by atoms with van der Waals surface area (Å²) >= 11 is 0. The number of carbonyl (C=O) groups excluding carboxylic acids is 1. The van der Waals surface area contributed by atoms with Crippen molar-refractivity contribution >= 4 is 17.3 Å². The molecule has 0 saturated carbocycles. The molecule has 5 nitrogen and oxygen atoms in total. The number of halogens is 3. The summed E-state index contributed by atoms with van der Waals surface area (Å²) in [6, 6.07) is 6.23. The number of rotatable bonds is 4. The van der Waals surface area contributed by atoms with E-state index in [-0.39, 0.29) is 30.4 Å². The minimum Gasteiger partial charge on any atom is -0.385 e. The molecule has 8 heteroatoms. The largest absolute Gasteiger partial charge is 0.385 e. The number of hydrogen-bond donors (Lipinski definition) is 3. The monoisotopic (exact) mass is 479 g/mol. The van der Waals surface area contributed by atoms with Gasteiger partial charge >= 0.3 is 0 Å². The van der Waals surface area contributed by atoms with Gasteiger partial charge in [0.1, 0.15) is 11.4 Å². The van der Waals surface area contributed by atoms with Crippen LogP contribution in [0.15, 0.2) is 30.3 Å². The highest BCUT2D eigenvalue weighted by atomic mass is 19.2. The van der Waals surface area contributed by atoms with Gasteiger partial charge in [-0.05, 0) is 56.1 Å². The second-order valence-corrected chi connectivity index (χ2v) is 8.16. The maximum Gasteiger partial charge on any atom is 0.256 e. The molecule has 0 spiro atoms. The van der Waals surface area contributed by atoms with Crippen LogP contribution < -0.4 is 10.6 Å². The van der Waals surface area contributed by atoms with E-state index in [0.29, 0.717) is 5.56 Å². The molecule has 0 aliphatic carbocycles. The smallest absolute Gasteiger partial charge is 0.256 e. The molecule has 2 aliphatic heterocycles. The van der Waals surface area contributed by atoms with Gasteiger partial charge in [-0.1, -0.05) is 40.2 Å². The molecule has 1 unspecified atom stereocenters. The highest BCUT2D eigenvalue weighted by Crippen LogP contribution is 2.34. The Morgan fingerprint density at radius 3 is 2.32 bits per heavy atom. The van der Waals surface area contributed by atoms with Crippen LogP contribution in [0, 0.1) is 24.4 Å². The first-order valence-electron chi connectivity index (χ1n) is 12.0. The van der Waals surface area contributed by atoms with E-state index >= 15 is 0 Å². The molecule has 188 valence electrons. The molecule has 2 heterocycles. The van der Waals surface area contributed by atoms with Crippen LogP contribution in [0.25, 0.3) is 0 Å². The van der Waals surface area contributed by atoms with Crippen molar-refractivity contribution in [3.8, 4) is 0 Å². The van der Waals surface area contributed by atoms with Gasteiger partial charge in [0.2, 0.25) is 0 Å². The standard InChI is InChI=1S/C22H24F3N3O2.2C2H6/c1-13-5-8-17(16(24)10-13)27-20-14(6-7-15(23)19(20)25)21(29)28-11-22(30,12-28)18-4-2-3-9-26-18;2*1-2/h5-8,10,18,26-27,30H,2-4,9,11-12H2,1H3;2*1-2H3. The second kappa shape index (κ2) is 12.2. The van der Waals surface area contributed by atoms with Crippen LogP contribution in [-0.2, 0) is 0 Å². The molecule has 34 heavy (non-hydrogen) atoms. The van der Waals surface area contributed by atoms with Gasteiger partial charge in [-0.2, -0.15) is 0 Å². The molecule has 2 aromatic rings. The first-order chi connectivity index (χ1) is 16.3. The van der Waals surface area contributed by atoms with Gasteiger partial charge in [0.05, 0.1) is 30.0 Å². The Kier molecular flexibility index (Phi) is 9.94. The average Bonchev–Trinajstić information content (AvgIpc) is 2.84. The van der Waals surface area contributed by atoms with Gasteiger partial charge in [-0.25, -0.2) is 13.2 Å². The molecule has 2 aliphatic rings. The molecule has 0 bridgehead atoms.